The lowest BCUT2D eigenvalue weighted by atomic mass is 9.80. The Bertz CT molecular complexity index is 280. The van der Waals surface area contributed by atoms with Gasteiger partial charge in [0.15, 0.2) is 0 Å². The molecule has 0 bridgehead atoms. The maximum atomic E-state index is 2.45. The van der Waals surface area contributed by atoms with Gasteiger partial charge in [-0.3, -0.25) is 0 Å². The van der Waals surface area contributed by atoms with Crippen molar-refractivity contribution in [2.45, 2.75) is 45.4 Å². The Morgan fingerprint density at radius 2 is 2.20 bits per heavy atom. The van der Waals surface area contributed by atoms with E-state index < -0.39 is 0 Å². The Morgan fingerprint density at radius 3 is 2.80 bits per heavy atom. The van der Waals surface area contributed by atoms with Crippen LogP contribution >= 0.6 is 0 Å². The van der Waals surface area contributed by atoms with E-state index in [0.29, 0.717) is 0 Å². The zero-order valence-electron chi connectivity index (χ0n) is 9.78. The van der Waals surface area contributed by atoms with Crippen LogP contribution in [0.3, 0.4) is 0 Å². The van der Waals surface area contributed by atoms with Crippen LogP contribution in [0.4, 0.5) is 0 Å². The van der Waals surface area contributed by atoms with Gasteiger partial charge in [0.2, 0.25) is 0 Å². The molecule has 0 aromatic heterocycles. The third kappa shape index (κ3) is 2.84. The molecule has 82 valence electrons. The van der Waals surface area contributed by atoms with Crippen molar-refractivity contribution in [2.24, 2.45) is 11.8 Å². The minimum atomic E-state index is 0.780. The van der Waals surface area contributed by atoms with E-state index in [4.69, 9.17) is 0 Å². The number of hydrogen-bond acceptors (Lipinski definition) is 0. The predicted octanol–water partition coefficient (Wildman–Crippen LogP) is 4.65. The van der Waals surface area contributed by atoms with Gasteiger partial charge < -0.3 is 0 Å². The first-order chi connectivity index (χ1) is 7.40. The highest BCUT2D eigenvalue weighted by molar-refractivity contribution is 5.24. The lowest BCUT2D eigenvalue weighted by Gasteiger charge is -2.25. The first-order valence-electron chi connectivity index (χ1n) is 6.44. The summed E-state index contributed by atoms with van der Waals surface area (Å²) in [6.07, 6.45) is 19.9. The molecule has 0 heterocycles. The predicted molar refractivity (Wildman–Crippen MR) is 66.7 cm³/mol. The molecule has 0 aromatic rings. The van der Waals surface area contributed by atoms with Crippen LogP contribution in [0, 0.1) is 11.8 Å². The van der Waals surface area contributed by atoms with Gasteiger partial charge in [-0.25, -0.2) is 0 Å². The molecule has 0 fully saturated rings. The molecule has 0 spiro atoms. The third-order valence-corrected chi connectivity index (χ3v) is 3.59. The van der Waals surface area contributed by atoms with Crippen molar-refractivity contribution < 1.29 is 0 Å². The van der Waals surface area contributed by atoms with Crippen molar-refractivity contribution in [1.29, 1.82) is 0 Å². The van der Waals surface area contributed by atoms with Crippen molar-refractivity contribution in [3.8, 4) is 0 Å². The molecule has 2 unspecified atom stereocenters. The van der Waals surface area contributed by atoms with E-state index in [2.05, 4.69) is 37.3 Å². The Kier molecular flexibility index (Phi) is 3.82. The lowest BCUT2D eigenvalue weighted by molar-refractivity contribution is 0.420. The number of rotatable bonds is 3. The molecule has 15 heavy (non-hydrogen) atoms. The molecule has 0 saturated carbocycles. The van der Waals surface area contributed by atoms with Crippen molar-refractivity contribution in [3.05, 3.63) is 36.0 Å². The quantitative estimate of drug-likeness (QED) is 0.585. The van der Waals surface area contributed by atoms with Gasteiger partial charge in [-0.05, 0) is 43.9 Å². The van der Waals surface area contributed by atoms with E-state index >= 15 is 0 Å². The lowest BCUT2D eigenvalue weighted by Crippen LogP contribution is -2.14. The second kappa shape index (κ2) is 5.34. The molecule has 0 aromatic carbocycles. The fourth-order valence-corrected chi connectivity index (χ4v) is 2.67. The van der Waals surface area contributed by atoms with Crippen LogP contribution in [0.2, 0.25) is 0 Å². The zero-order chi connectivity index (χ0) is 10.5. The van der Waals surface area contributed by atoms with Crippen LogP contribution < -0.4 is 0 Å². The Labute approximate surface area is 93.8 Å². The smallest absolute Gasteiger partial charge is 0.0133 e. The Morgan fingerprint density at radius 1 is 1.27 bits per heavy atom. The molecular formula is C15H22. The van der Waals surface area contributed by atoms with E-state index in [9.17, 15) is 0 Å². The summed E-state index contributed by atoms with van der Waals surface area (Å²) >= 11 is 0. The van der Waals surface area contributed by atoms with Gasteiger partial charge in [0, 0.05) is 0 Å². The van der Waals surface area contributed by atoms with Crippen molar-refractivity contribution in [1.82, 2.24) is 0 Å². The van der Waals surface area contributed by atoms with E-state index in [1.54, 1.807) is 5.57 Å². The highest BCUT2D eigenvalue weighted by atomic mass is 14.2. The normalized spacial score (nSPS) is 30.3. The van der Waals surface area contributed by atoms with Crippen molar-refractivity contribution >= 4 is 0 Å². The molecule has 2 rings (SSSR count). The molecule has 0 radical (unpaired) electrons. The fourth-order valence-electron chi connectivity index (χ4n) is 2.67. The van der Waals surface area contributed by atoms with E-state index in [0.717, 1.165) is 11.8 Å². The molecule has 0 amide bonds. The van der Waals surface area contributed by atoms with Crippen LogP contribution in [0.25, 0.3) is 0 Å². The number of allylic oxidation sites excluding steroid dienone is 6. The van der Waals surface area contributed by atoms with Gasteiger partial charge in [0.05, 0.1) is 0 Å². The zero-order valence-corrected chi connectivity index (χ0v) is 9.78. The average Bonchev–Trinajstić information content (AvgIpc) is 2.32. The summed E-state index contributed by atoms with van der Waals surface area (Å²) < 4.78 is 0. The van der Waals surface area contributed by atoms with Gasteiger partial charge in [0.25, 0.3) is 0 Å². The number of hydrogen-bond donors (Lipinski definition) is 0. The maximum absolute atomic E-state index is 2.45. The van der Waals surface area contributed by atoms with Crippen LogP contribution in [0.15, 0.2) is 36.0 Å². The summed E-state index contributed by atoms with van der Waals surface area (Å²) in [5.74, 6) is 1.59. The third-order valence-electron chi connectivity index (χ3n) is 3.59. The topological polar surface area (TPSA) is 0 Å². The highest BCUT2D eigenvalue weighted by Crippen LogP contribution is 2.31. The monoisotopic (exact) mass is 202 g/mol. The molecule has 0 saturated heterocycles. The Balaban J connectivity index is 1.90. The standard InChI is InChI=1S/C15H22/c1-2-6-13-9-11-15(12-10-13)14-7-4-3-5-8-14/h4,7,9-11,14-15H,2-3,5-6,8,12H2,1H3. The van der Waals surface area contributed by atoms with Crippen LogP contribution in [-0.2, 0) is 0 Å². The molecule has 0 aliphatic heterocycles. The molecular weight excluding hydrogens is 180 g/mol. The van der Waals surface area contributed by atoms with Gasteiger partial charge in [-0.2, -0.15) is 0 Å². The van der Waals surface area contributed by atoms with Crippen LogP contribution in [0.5, 0.6) is 0 Å². The first kappa shape index (κ1) is 10.7. The van der Waals surface area contributed by atoms with E-state index in [-0.39, 0.29) is 0 Å². The van der Waals surface area contributed by atoms with Gasteiger partial charge >= 0.3 is 0 Å². The maximum Gasteiger partial charge on any atom is -0.0133 e. The van der Waals surface area contributed by atoms with Crippen LogP contribution in [-0.4, -0.2) is 0 Å². The van der Waals surface area contributed by atoms with Gasteiger partial charge in [-0.15, -0.1) is 0 Å². The molecule has 2 aliphatic carbocycles. The largest absolute Gasteiger partial charge is 0.0882 e. The van der Waals surface area contributed by atoms with E-state index in [1.807, 2.05) is 0 Å². The Hall–Kier alpha value is -0.780. The minimum absolute atomic E-state index is 0.780. The molecule has 2 aliphatic rings. The van der Waals surface area contributed by atoms with Gasteiger partial charge in [-0.1, -0.05) is 49.3 Å². The summed E-state index contributed by atoms with van der Waals surface area (Å²) in [4.78, 5) is 0. The summed E-state index contributed by atoms with van der Waals surface area (Å²) in [7, 11) is 0. The average molecular weight is 202 g/mol. The highest BCUT2D eigenvalue weighted by Gasteiger charge is 2.19. The van der Waals surface area contributed by atoms with Crippen LogP contribution in [0.1, 0.15) is 45.4 Å². The minimum Gasteiger partial charge on any atom is -0.0882 e. The second-order valence-corrected chi connectivity index (χ2v) is 4.81. The summed E-state index contributed by atoms with van der Waals surface area (Å²) in [5, 5.41) is 0. The second-order valence-electron chi connectivity index (χ2n) is 4.81. The summed E-state index contributed by atoms with van der Waals surface area (Å²) in [5.41, 5.74) is 1.55. The molecule has 0 heteroatoms. The fraction of sp³-hybridized carbons (Fsp3) is 0.600. The first-order valence-corrected chi connectivity index (χ1v) is 6.44. The SMILES string of the molecule is CCCC1=CCC(C2C=CCCC2)C=C1. The van der Waals surface area contributed by atoms with Crippen molar-refractivity contribution in [2.75, 3.05) is 0 Å². The summed E-state index contributed by atoms with van der Waals surface area (Å²) in [6.45, 7) is 2.25. The summed E-state index contributed by atoms with van der Waals surface area (Å²) in [6, 6.07) is 0. The van der Waals surface area contributed by atoms with Crippen molar-refractivity contribution in [3.63, 3.8) is 0 Å². The van der Waals surface area contributed by atoms with Gasteiger partial charge in [0.1, 0.15) is 0 Å². The molecule has 0 N–H and O–H groups in total. The molecule has 2 atom stereocenters. The van der Waals surface area contributed by atoms with E-state index in [1.165, 1.54) is 38.5 Å². The molecule has 0 nitrogen and oxygen atoms in total.